The number of hydrogen-bond acceptors (Lipinski definition) is 7. The van der Waals surface area contributed by atoms with Crippen molar-refractivity contribution in [2.45, 2.75) is 45.4 Å². The van der Waals surface area contributed by atoms with E-state index in [0.29, 0.717) is 28.7 Å². The molecule has 2 aliphatic rings. The van der Waals surface area contributed by atoms with Crippen LogP contribution in [0, 0.1) is 5.82 Å². The van der Waals surface area contributed by atoms with Crippen LogP contribution in [0.1, 0.15) is 42.5 Å². The van der Waals surface area contributed by atoms with E-state index < -0.39 is 17.4 Å². The van der Waals surface area contributed by atoms with Gasteiger partial charge in [-0.25, -0.2) is 14.2 Å². The van der Waals surface area contributed by atoms with Gasteiger partial charge in [-0.15, -0.1) is 0 Å². The lowest BCUT2D eigenvalue weighted by molar-refractivity contribution is -0.172. The number of fused-ring (bicyclic) bond motifs is 5. The smallest absolute Gasteiger partial charge is 0.343 e. The van der Waals surface area contributed by atoms with Crippen molar-refractivity contribution in [2.24, 2.45) is 0 Å². The molecule has 0 aliphatic carbocycles. The molecule has 1 atom stereocenters. The van der Waals surface area contributed by atoms with E-state index in [2.05, 4.69) is 4.98 Å². The van der Waals surface area contributed by atoms with Gasteiger partial charge in [-0.05, 0) is 30.5 Å². The van der Waals surface area contributed by atoms with Crippen LogP contribution in [0.25, 0.3) is 22.3 Å². The second-order valence-corrected chi connectivity index (χ2v) is 8.25. The zero-order valence-corrected chi connectivity index (χ0v) is 18.3. The van der Waals surface area contributed by atoms with Crippen LogP contribution in [0.2, 0.25) is 0 Å². The molecule has 2 aromatic heterocycles. The van der Waals surface area contributed by atoms with Crippen molar-refractivity contribution in [3.63, 3.8) is 0 Å². The van der Waals surface area contributed by atoms with Gasteiger partial charge in [0.25, 0.3) is 5.56 Å². The van der Waals surface area contributed by atoms with E-state index in [9.17, 15) is 19.1 Å². The molecule has 8 nitrogen and oxygen atoms in total. The van der Waals surface area contributed by atoms with Gasteiger partial charge in [0.15, 0.2) is 17.2 Å². The fourth-order valence-electron chi connectivity index (χ4n) is 4.83. The number of aliphatic hydroxyl groups excluding tert-OH is 1. The molecule has 1 aromatic carbocycles. The molecule has 9 heteroatoms. The molecule has 0 saturated heterocycles. The van der Waals surface area contributed by atoms with Crippen molar-refractivity contribution in [1.82, 2.24) is 9.55 Å². The number of rotatable bonds is 5. The third-order valence-electron chi connectivity index (χ3n) is 6.56. The van der Waals surface area contributed by atoms with Gasteiger partial charge in [0.1, 0.15) is 13.2 Å². The summed E-state index contributed by atoms with van der Waals surface area (Å²) in [6.07, 6.45) is 0.664. The zero-order chi connectivity index (χ0) is 23.5. The van der Waals surface area contributed by atoms with Gasteiger partial charge in [-0.1, -0.05) is 13.8 Å². The van der Waals surface area contributed by atoms with Crippen LogP contribution in [0.5, 0.6) is 5.75 Å². The molecule has 0 fully saturated rings. The quantitative estimate of drug-likeness (QED) is 0.445. The van der Waals surface area contributed by atoms with Crippen molar-refractivity contribution in [2.75, 3.05) is 13.2 Å². The van der Waals surface area contributed by atoms with E-state index in [-0.39, 0.29) is 55.2 Å². The Morgan fingerprint density at radius 2 is 2.03 bits per heavy atom. The Morgan fingerprint density at radius 1 is 1.24 bits per heavy atom. The van der Waals surface area contributed by atoms with E-state index in [4.69, 9.17) is 14.6 Å². The van der Waals surface area contributed by atoms with Gasteiger partial charge in [-0.3, -0.25) is 4.79 Å². The highest BCUT2D eigenvalue weighted by molar-refractivity contribution is 5.90. The van der Waals surface area contributed by atoms with Gasteiger partial charge in [0.05, 0.1) is 35.6 Å². The first-order valence-corrected chi connectivity index (χ1v) is 10.9. The third kappa shape index (κ3) is 2.99. The fraction of sp³-hybridized carbons (Fsp3) is 0.375. The molecule has 0 amide bonds. The van der Waals surface area contributed by atoms with Crippen molar-refractivity contribution in [3.05, 3.63) is 56.6 Å². The van der Waals surface area contributed by atoms with Crippen molar-refractivity contribution in [3.8, 4) is 17.1 Å². The number of cyclic esters (lactones) is 1. The molecule has 0 bridgehead atoms. The number of esters is 1. The maximum Gasteiger partial charge on any atom is 0.343 e. The Bertz CT molecular complexity index is 1380. The Hall–Kier alpha value is -3.30. The number of aryl methyl sites for hydroxylation is 1. The summed E-state index contributed by atoms with van der Waals surface area (Å²) >= 11 is 0. The van der Waals surface area contributed by atoms with Gasteiger partial charge in [0, 0.05) is 22.6 Å². The lowest BCUT2D eigenvalue weighted by Crippen LogP contribution is -2.44. The lowest BCUT2D eigenvalue weighted by atomic mass is 9.86. The van der Waals surface area contributed by atoms with Crippen LogP contribution in [-0.4, -0.2) is 38.9 Å². The van der Waals surface area contributed by atoms with E-state index in [1.807, 2.05) is 6.92 Å². The summed E-state index contributed by atoms with van der Waals surface area (Å²) in [5.74, 6) is -1.35. The molecule has 33 heavy (non-hydrogen) atoms. The van der Waals surface area contributed by atoms with Crippen LogP contribution in [-0.2, 0) is 34.7 Å². The van der Waals surface area contributed by atoms with Gasteiger partial charge >= 0.3 is 5.97 Å². The van der Waals surface area contributed by atoms with Gasteiger partial charge in [-0.2, -0.15) is 0 Å². The molecule has 0 spiro atoms. The first-order chi connectivity index (χ1) is 15.8. The van der Waals surface area contributed by atoms with E-state index >= 15 is 0 Å². The monoisotopic (exact) mass is 454 g/mol. The molecule has 0 saturated carbocycles. The normalized spacial score (nSPS) is 18.6. The molecule has 0 unspecified atom stereocenters. The number of aliphatic hydroxyl groups is 2. The second-order valence-electron chi connectivity index (χ2n) is 8.25. The lowest BCUT2D eigenvalue weighted by Gasteiger charge is -2.31. The van der Waals surface area contributed by atoms with Crippen LogP contribution in [0.15, 0.2) is 23.0 Å². The van der Waals surface area contributed by atoms with E-state index in [1.165, 1.54) is 6.07 Å². The maximum absolute atomic E-state index is 14.6. The maximum atomic E-state index is 14.6. The standard InChI is InChI=1S/C24H23FN2O6/c1-3-12-13-7-20(32-6-5-28)17(25)9-18(13)26-21-14(12)10-27-19(21)8-16-15(22(27)29)11-33-23(30)24(16,31)4-2/h7-9,28,31H,3-6,10-11H2,1-2H3/t24-/m0/s1. The molecule has 5 rings (SSSR count). The molecule has 2 aliphatic heterocycles. The zero-order valence-electron chi connectivity index (χ0n) is 18.3. The summed E-state index contributed by atoms with van der Waals surface area (Å²) in [6.45, 7) is 3.42. The van der Waals surface area contributed by atoms with E-state index in [1.54, 1.807) is 23.6 Å². The van der Waals surface area contributed by atoms with Crippen LogP contribution in [0.4, 0.5) is 4.39 Å². The Morgan fingerprint density at radius 3 is 2.73 bits per heavy atom. The molecule has 0 radical (unpaired) electrons. The Balaban J connectivity index is 1.76. The van der Waals surface area contributed by atoms with Crippen LogP contribution < -0.4 is 10.3 Å². The molecular formula is C24H23FN2O6. The molecule has 172 valence electrons. The summed E-state index contributed by atoms with van der Waals surface area (Å²) in [5.41, 5.74) is 1.40. The number of aromatic nitrogens is 2. The SMILES string of the molecule is CCc1c2c(nc3cc(F)c(OCCO)cc13)-c1cc3c(c(=O)n1C2)COC(=O)[C@]3(O)CC. The molecule has 2 N–H and O–H groups in total. The van der Waals surface area contributed by atoms with Gasteiger partial charge in [0.2, 0.25) is 0 Å². The number of carbonyl (C=O) groups excluding carboxylic acids is 1. The molecule has 4 heterocycles. The summed E-state index contributed by atoms with van der Waals surface area (Å²) in [6, 6.07) is 4.49. The predicted octanol–water partition coefficient (Wildman–Crippen LogP) is 2.15. The number of halogens is 1. The minimum absolute atomic E-state index is 0.0276. The van der Waals surface area contributed by atoms with Crippen molar-refractivity contribution >= 4 is 16.9 Å². The van der Waals surface area contributed by atoms with E-state index in [0.717, 1.165) is 11.1 Å². The summed E-state index contributed by atoms with van der Waals surface area (Å²) < 4.78 is 26.6. The first-order valence-electron chi connectivity index (χ1n) is 10.9. The highest BCUT2D eigenvalue weighted by Gasteiger charge is 2.45. The number of benzene rings is 1. The Labute approximate surface area is 188 Å². The number of carbonyl (C=O) groups is 1. The number of pyridine rings is 2. The molecule has 3 aromatic rings. The average Bonchev–Trinajstić information content (AvgIpc) is 3.17. The summed E-state index contributed by atoms with van der Waals surface area (Å²) in [4.78, 5) is 30.3. The third-order valence-corrected chi connectivity index (χ3v) is 6.56. The average molecular weight is 454 g/mol. The van der Waals surface area contributed by atoms with Gasteiger partial charge < -0.3 is 24.3 Å². The molecular weight excluding hydrogens is 431 g/mol. The Kier molecular flexibility index (Phi) is 4.98. The number of hydrogen-bond donors (Lipinski definition) is 2. The highest BCUT2D eigenvalue weighted by atomic mass is 19.1. The van der Waals surface area contributed by atoms with Crippen molar-refractivity contribution < 1.29 is 28.9 Å². The first kappa shape index (κ1) is 21.5. The van der Waals surface area contributed by atoms with Crippen LogP contribution in [0.3, 0.4) is 0 Å². The minimum atomic E-state index is -1.90. The topological polar surface area (TPSA) is 111 Å². The fourth-order valence-corrected chi connectivity index (χ4v) is 4.83. The number of nitrogens with zero attached hydrogens (tertiary/aromatic N) is 2. The highest BCUT2D eigenvalue weighted by Crippen LogP contribution is 2.41. The minimum Gasteiger partial charge on any atom is -0.488 e. The predicted molar refractivity (Wildman–Crippen MR) is 116 cm³/mol. The summed E-state index contributed by atoms with van der Waals surface area (Å²) in [5, 5.41) is 20.7. The van der Waals surface area contributed by atoms with Crippen molar-refractivity contribution in [1.29, 1.82) is 0 Å². The van der Waals surface area contributed by atoms with Crippen LogP contribution >= 0.6 is 0 Å². The largest absolute Gasteiger partial charge is 0.488 e. The summed E-state index contributed by atoms with van der Waals surface area (Å²) in [7, 11) is 0. The second kappa shape index (κ2) is 7.64. The number of ether oxygens (including phenoxy) is 2.